The molecular formula is C51H43N. The highest BCUT2D eigenvalue weighted by atomic mass is 15.2. The maximum Gasteiger partial charge on any atom is 0.0555 e. The topological polar surface area (TPSA) is 3.24 Å². The Morgan fingerprint density at radius 3 is 1.37 bits per heavy atom. The molecule has 10 rings (SSSR count). The first-order chi connectivity index (χ1) is 25.1. The van der Waals surface area contributed by atoms with Crippen LogP contribution in [-0.4, -0.2) is 0 Å². The van der Waals surface area contributed by atoms with Gasteiger partial charge in [-0.15, -0.1) is 0 Å². The molecule has 0 N–H and O–H groups in total. The normalized spacial score (nSPS) is 16.0. The summed E-state index contributed by atoms with van der Waals surface area (Å²) in [5.74, 6) is 0. The summed E-state index contributed by atoms with van der Waals surface area (Å²) in [4.78, 5) is 2.68. The van der Waals surface area contributed by atoms with Crippen molar-refractivity contribution in [3.63, 3.8) is 0 Å². The molecule has 3 aliphatic rings. The highest BCUT2D eigenvalue weighted by molar-refractivity contribution is 6.02. The smallest absolute Gasteiger partial charge is 0.0555 e. The van der Waals surface area contributed by atoms with Gasteiger partial charge in [-0.3, -0.25) is 0 Å². The average Bonchev–Trinajstić information content (AvgIpc) is 3.65. The summed E-state index contributed by atoms with van der Waals surface area (Å²) >= 11 is 0. The molecule has 52 heavy (non-hydrogen) atoms. The molecule has 0 bridgehead atoms. The fraction of sp³-hybridized carbons (Fsp3) is 0.176. The second-order valence-corrected chi connectivity index (χ2v) is 16.5. The van der Waals surface area contributed by atoms with Gasteiger partial charge in [-0.05, 0) is 102 Å². The number of rotatable bonds is 4. The lowest BCUT2D eigenvalue weighted by Gasteiger charge is -2.39. The SMILES string of the molecule is CC1(C)c2ccccc2-c2cccc(N(c3cccc(-c4ccccc4)c3)c3c4c(cc5c3C(C)(C)c3ccccc3-5)-c3ccccc3C4(C)C)c21. The van der Waals surface area contributed by atoms with Gasteiger partial charge in [0.2, 0.25) is 0 Å². The predicted octanol–water partition coefficient (Wildman–Crippen LogP) is 13.7. The van der Waals surface area contributed by atoms with E-state index in [2.05, 4.69) is 198 Å². The minimum Gasteiger partial charge on any atom is -0.309 e. The molecule has 252 valence electrons. The van der Waals surface area contributed by atoms with Crippen LogP contribution in [0.3, 0.4) is 0 Å². The summed E-state index contributed by atoms with van der Waals surface area (Å²) in [6.45, 7) is 14.6. The minimum absolute atomic E-state index is 0.199. The fourth-order valence-electron chi connectivity index (χ4n) is 10.2. The molecule has 0 unspecified atom stereocenters. The van der Waals surface area contributed by atoms with Crippen LogP contribution >= 0.6 is 0 Å². The zero-order chi connectivity index (χ0) is 35.6. The van der Waals surface area contributed by atoms with Gasteiger partial charge in [0.25, 0.3) is 0 Å². The zero-order valence-electron chi connectivity index (χ0n) is 30.9. The van der Waals surface area contributed by atoms with E-state index in [-0.39, 0.29) is 16.2 Å². The highest BCUT2D eigenvalue weighted by Crippen LogP contribution is 2.64. The Kier molecular flexibility index (Phi) is 6.39. The third-order valence-corrected chi connectivity index (χ3v) is 12.6. The van der Waals surface area contributed by atoms with Gasteiger partial charge >= 0.3 is 0 Å². The molecule has 1 heteroatoms. The maximum absolute atomic E-state index is 2.68. The van der Waals surface area contributed by atoms with Crippen LogP contribution in [0.5, 0.6) is 0 Å². The quantitative estimate of drug-likeness (QED) is 0.180. The van der Waals surface area contributed by atoms with Gasteiger partial charge in [0.1, 0.15) is 0 Å². The van der Waals surface area contributed by atoms with E-state index in [0.29, 0.717) is 0 Å². The largest absolute Gasteiger partial charge is 0.309 e. The lowest BCUT2D eigenvalue weighted by molar-refractivity contribution is 0.638. The summed E-state index contributed by atoms with van der Waals surface area (Å²) in [5.41, 5.74) is 22.0. The molecule has 3 aliphatic carbocycles. The Hall–Kier alpha value is -5.66. The van der Waals surface area contributed by atoms with Crippen molar-refractivity contribution in [1.82, 2.24) is 0 Å². The molecule has 0 saturated carbocycles. The van der Waals surface area contributed by atoms with Gasteiger partial charge in [-0.2, -0.15) is 0 Å². The van der Waals surface area contributed by atoms with Gasteiger partial charge in [-0.25, -0.2) is 0 Å². The van der Waals surface area contributed by atoms with Gasteiger partial charge in [0.15, 0.2) is 0 Å². The highest BCUT2D eigenvalue weighted by Gasteiger charge is 2.48. The van der Waals surface area contributed by atoms with Crippen LogP contribution in [-0.2, 0) is 16.2 Å². The van der Waals surface area contributed by atoms with Crippen molar-refractivity contribution >= 4 is 17.1 Å². The van der Waals surface area contributed by atoms with E-state index in [1.807, 2.05) is 0 Å². The van der Waals surface area contributed by atoms with Crippen LogP contribution in [0, 0.1) is 0 Å². The first kappa shape index (κ1) is 31.1. The van der Waals surface area contributed by atoms with Crippen molar-refractivity contribution in [3.05, 3.63) is 185 Å². The Morgan fingerprint density at radius 1 is 0.346 bits per heavy atom. The second kappa shape index (κ2) is 10.7. The molecule has 0 amide bonds. The second-order valence-electron chi connectivity index (χ2n) is 16.5. The van der Waals surface area contributed by atoms with Crippen molar-refractivity contribution in [2.75, 3.05) is 4.90 Å². The Morgan fingerprint density at radius 2 is 0.788 bits per heavy atom. The summed E-state index contributed by atoms with van der Waals surface area (Å²) in [6.07, 6.45) is 0. The van der Waals surface area contributed by atoms with Crippen molar-refractivity contribution in [2.24, 2.45) is 0 Å². The molecule has 7 aromatic carbocycles. The summed E-state index contributed by atoms with van der Waals surface area (Å²) in [6, 6.07) is 56.9. The average molecular weight is 670 g/mol. The Bertz CT molecular complexity index is 2520. The number of hydrogen-bond donors (Lipinski definition) is 0. The van der Waals surface area contributed by atoms with Crippen molar-refractivity contribution in [1.29, 1.82) is 0 Å². The molecule has 0 atom stereocenters. The first-order valence-corrected chi connectivity index (χ1v) is 18.7. The third kappa shape index (κ3) is 4.05. The Labute approximate surface area is 308 Å². The number of fused-ring (bicyclic) bond motifs is 9. The van der Waals surface area contributed by atoms with E-state index in [1.165, 1.54) is 95.0 Å². The van der Waals surface area contributed by atoms with E-state index < -0.39 is 0 Å². The van der Waals surface area contributed by atoms with E-state index >= 15 is 0 Å². The van der Waals surface area contributed by atoms with Crippen LogP contribution in [0.2, 0.25) is 0 Å². The van der Waals surface area contributed by atoms with Crippen LogP contribution in [0.25, 0.3) is 44.5 Å². The number of nitrogens with zero attached hydrogens (tertiary/aromatic N) is 1. The van der Waals surface area contributed by atoms with E-state index in [1.54, 1.807) is 0 Å². The van der Waals surface area contributed by atoms with Crippen molar-refractivity contribution < 1.29 is 0 Å². The molecule has 0 aromatic heterocycles. The van der Waals surface area contributed by atoms with Crippen molar-refractivity contribution in [2.45, 2.75) is 57.8 Å². The van der Waals surface area contributed by atoms with Crippen LogP contribution in [0.1, 0.15) is 74.9 Å². The number of anilines is 3. The van der Waals surface area contributed by atoms with E-state index in [4.69, 9.17) is 0 Å². The lowest BCUT2D eigenvalue weighted by atomic mass is 9.75. The molecule has 0 saturated heterocycles. The number of hydrogen-bond acceptors (Lipinski definition) is 1. The van der Waals surface area contributed by atoms with Gasteiger partial charge in [0, 0.05) is 21.9 Å². The van der Waals surface area contributed by atoms with Crippen LogP contribution in [0.4, 0.5) is 17.1 Å². The molecule has 0 fully saturated rings. The monoisotopic (exact) mass is 669 g/mol. The minimum atomic E-state index is -0.229. The van der Waals surface area contributed by atoms with E-state index in [9.17, 15) is 0 Å². The summed E-state index contributed by atoms with van der Waals surface area (Å²) in [7, 11) is 0. The number of benzene rings is 7. The zero-order valence-corrected chi connectivity index (χ0v) is 30.9. The Balaban J connectivity index is 1.38. The third-order valence-electron chi connectivity index (χ3n) is 12.6. The lowest BCUT2D eigenvalue weighted by Crippen LogP contribution is -2.27. The summed E-state index contributed by atoms with van der Waals surface area (Å²) < 4.78 is 0. The molecular weight excluding hydrogens is 627 g/mol. The van der Waals surface area contributed by atoms with Crippen LogP contribution in [0.15, 0.2) is 152 Å². The molecule has 1 nitrogen and oxygen atoms in total. The fourth-order valence-corrected chi connectivity index (χ4v) is 10.2. The standard InChI is InChI=1S/C51H43N/c1-49(2)41-26-13-10-22-35(41)38-25-17-29-44(45(38)49)52(34-21-16-20-33(30-34)32-18-8-7-9-19-32)48-46-39(36-23-11-14-27-42(36)50(46,3)4)31-40-37-24-12-15-28-43(37)51(5,6)47(40)48/h7-31H,1-6H3. The van der Waals surface area contributed by atoms with E-state index in [0.717, 1.165) is 0 Å². The van der Waals surface area contributed by atoms with Gasteiger partial charge < -0.3 is 4.90 Å². The first-order valence-electron chi connectivity index (χ1n) is 18.7. The van der Waals surface area contributed by atoms with Crippen molar-refractivity contribution in [3.8, 4) is 44.5 Å². The van der Waals surface area contributed by atoms with Gasteiger partial charge in [-0.1, -0.05) is 169 Å². The molecule has 7 aromatic rings. The molecule has 0 radical (unpaired) electrons. The molecule has 0 spiro atoms. The molecule has 0 aliphatic heterocycles. The predicted molar refractivity (Wildman–Crippen MR) is 219 cm³/mol. The molecule has 0 heterocycles. The van der Waals surface area contributed by atoms with Crippen LogP contribution < -0.4 is 4.90 Å². The maximum atomic E-state index is 2.68. The summed E-state index contributed by atoms with van der Waals surface area (Å²) in [5, 5.41) is 0. The van der Waals surface area contributed by atoms with Gasteiger partial charge in [0.05, 0.1) is 11.4 Å².